The molecule has 3 atom stereocenters. The van der Waals surface area contributed by atoms with Gasteiger partial charge in [-0.25, -0.2) is 0 Å². The van der Waals surface area contributed by atoms with Gasteiger partial charge in [0.2, 0.25) is 0 Å². The molecule has 12 nitrogen and oxygen atoms in total. The number of rotatable bonds is 44. The van der Waals surface area contributed by atoms with Crippen molar-refractivity contribution < 1.29 is 47.7 Å². The highest BCUT2D eigenvalue weighted by molar-refractivity contribution is 5.73. The maximum absolute atomic E-state index is 13.1. The minimum atomic E-state index is -0.950. The molecule has 0 spiro atoms. The monoisotopic (exact) mass is 923 g/mol. The predicted molar refractivity (Wildman–Crippen MR) is 260 cm³/mol. The smallest absolute Gasteiger partial charge is 0.308 e. The Kier molecular flexibility index (Phi) is 39.5. The van der Waals surface area contributed by atoms with Crippen LogP contribution in [-0.2, 0) is 47.7 Å². The largest absolute Gasteiger partial charge is 0.465 e. The molecule has 0 saturated carbocycles. The molecule has 0 amide bonds. The highest BCUT2D eigenvalue weighted by Gasteiger charge is 2.23. The Hall–Kier alpha value is -2.73. The lowest BCUT2D eigenvalue weighted by molar-refractivity contribution is -0.167. The van der Waals surface area contributed by atoms with Crippen molar-refractivity contribution in [1.29, 1.82) is 0 Å². The number of nitrogens with zero attached hydrogens (tertiary/aromatic N) is 2. The van der Waals surface area contributed by atoms with Crippen molar-refractivity contribution in [3.63, 3.8) is 0 Å². The van der Waals surface area contributed by atoms with Gasteiger partial charge in [-0.3, -0.25) is 24.0 Å². The molecule has 1 saturated heterocycles. The van der Waals surface area contributed by atoms with E-state index in [0.29, 0.717) is 32.2 Å². The van der Waals surface area contributed by atoms with Gasteiger partial charge in [0.05, 0.1) is 31.5 Å². The summed E-state index contributed by atoms with van der Waals surface area (Å²) in [6.45, 7) is 13.1. The minimum Gasteiger partial charge on any atom is -0.465 e. The van der Waals surface area contributed by atoms with Gasteiger partial charge in [-0.05, 0) is 58.4 Å². The van der Waals surface area contributed by atoms with Crippen molar-refractivity contribution in [2.24, 2.45) is 11.8 Å². The summed E-state index contributed by atoms with van der Waals surface area (Å²) >= 11 is 0. The van der Waals surface area contributed by atoms with Crippen molar-refractivity contribution >= 4 is 29.8 Å². The van der Waals surface area contributed by atoms with Gasteiger partial charge in [0, 0.05) is 45.6 Å². The Morgan fingerprint density at radius 1 is 0.415 bits per heavy atom. The van der Waals surface area contributed by atoms with E-state index < -0.39 is 24.0 Å². The van der Waals surface area contributed by atoms with Gasteiger partial charge in [-0.1, -0.05) is 156 Å². The molecular weight excluding hydrogens is 825 g/mol. The average Bonchev–Trinajstić information content (AvgIpc) is 3.30. The number of piperazine rings is 1. The Balaban J connectivity index is 2.60. The van der Waals surface area contributed by atoms with Crippen LogP contribution in [-0.4, -0.2) is 112 Å². The molecule has 0 bridgehead atoms. The third kappa shape index (κ3) is 35.1. The standard InChI is InChI=1S/C53H98N2O10/c1-6-10-14-18-20-24-32-46(30-22-16-12-8-3)52(59)61-42-28-26-34-49(56)63-44-48(45-64-50(57)36-37-55-40-38-54(5)39-41-55)65-51(58)35-27-29-43-62-53(60)47(31-23-17-13-9-4)33-25-21-19-15-11-7-2/h46-48H,6-45H2,1-5H3/t46?,47?,48-/m1/s1. The predicted octanol–water partition coefficient (Wildman–Crippen LogP) is 11.7. The molecule has 1 fully saturated rings. The molecule has 0 N–H and O–H groups in total. The minimum absolute atomic E-state index is 0.0664. The van der Waals surface area contributed by atoms with Crippen molar-refractivity contribution in [2.75, 3.05) is 66.2 Å². The fourth-order valence-electron chi connectivity index (χ4n) is 8.26. The van der Waals surface area contributed by atoms with Crippen LogP contribution in [0.4, 0.5) is 0 Å². The Labute approximate surface area is 397 Å². The van der Waals surface area contributed by atoms with Crippen LogP contribution in [0.15, 0.2) is 0 Å². The lowest BCUT2D eigenvalue weighted by Crippen LogP contribution is -2.45. The number of carbonyl (C=O) groups is 5. The van der Waals surface area contributed by atoms with Gasteiger partial charge in [-0.2, -0.15) is 0 Å². The molecule has 0 aromatic carbocycles. The van der Waals surface area contributed by atoms with Gasteiger partial charge < -0.3 is 33.5 Å². The molecule has 1 aliphatic rings. The number of hydrogen-bond donors (Lipinski definition) is 0. The molecule has 1 aliphatic heterocycles. The second-order valence-corrected chi connectivity index (χ2v) is 18.8. The molecule has 2 unspecified atom stereocenters. The van der Waals surface area contributed by atoms with Gasteiger partial charge in [0.25, 0.3) is 0 Å². The number of likely N-dealkylation sites (N-methyl/N-ethyl adjacent to an activating group) is 1. The first kappa shape index (κ1) is 60.3. The third-order valence-electron chi connectivity index (χ3n) is 12.7. The van der Waals surface area contributed by atoms with Crippen molar-refractivity contribution in [2.45, 2.75) is 233 Å². The van der Waals surface area contributed by atoms with E-state index in [4.69, 9.17) is 23.7 Å². The van der Waals surface area contributed by atoms with E-state index in [1.54, 1.807) is 0 Å². The Bertz CT molecular complexity index is 1190. The maximum Gasteiger partial charge on any atom is 0.308 e. The summed E-state index contributed by atoms with van der Waals surface area (Å²) < 4.78 is 28.1. The Morgan fingerprint density at radius 2 is 0.785 bits per heavy atom. The molecular formula is C53H98N2O10. The number of unbranched alkanes of at least 4 members (excludes halogenated alkanes) is 18. The van der Waals surface area contributed by atoms with Crippen LogP contribution < -0.4 is 0 Å². The van der Waals surface area contributed by atoms with Crippen LogP contribution in [0.1, 0.15) is 227 Å². The summed E-state index contributed by atoms with van der Waals surface area (Å²) in [5, 5.41) is 0. The fraction of sp³-hybridized carbons (Fsp3) is 0.906. The van der Waals surface area contributed by atoms with E-state index in [-0.39, 0.29) is 69.5 Å². The number of ether oxygens (including phenoxy) is 5. The summed E-state index contributed by atoms with van der Waals surface area (Å²) in [4.78, 5) is 69.0. The zero-order valence-electron chi connectivity index (χ0n) is 42.5. The van der Waals surface area contributed by atoms with Crippen molar-refractivity contribution in [3.8, 4) is 0 Å². The van der Waals surface area contributed by atoms with Crippen LogP contribution >= 0.6 is 0 Å². The molecule has 380 valence electrons. The normalized spacial score (nSPS) is 14.7. The lowest BCUT2D eigenvalue weighted by Gasteiger charge is -2.32. The third-order valence-corrected chi connectivity index (χ3v) is 12.7. The first-order valence-electron chi connectivity index (χ1n) is 26.9. The highest BCUT2D eigenvalue weighted by atomic mass is 16.6. The molecule has 12 heteroatoms. The quantitative estimate of drug-likeness (QED) is 0.0327. The van der Waals surface area contributed by atoms with Crippen LogP contribution in [0, 0.1) is 11.8 Å². The van der Waals surface area contributed by atoms with Crippen molar-refractivity contribution in [1.82, 2.24) is 9.80 Å². The van der Waals surface area contributed by atoms with Crippen LogP contribution in [0.5, 0.6) is 0 Å². The number of hydrogen-bond acceptors (Lipinski definition) is 12. The summed E-state index contributed by atoms with van der Waals surface area (Å²) in [6.07, 6.45) is 28.2. The average molecular weight is 923 g/mol. The van der Waals surface area contributed by atoms with E-state index in [9.17, 15) is 24.0 Å². The lowest BCUT2D eigenvalue weighted by atomic mass is 9.94. The molecule has 1 heterocycles. The van der Waals surface area contributed by atoms with Gasteiger partial charge in [0.1, 0.15) is 13.2 Å². The summed E-state index contributed by atoms with van der Waals surface area (Å²) in [7, 11) is 2.08. The topological polar surface area (TPSA) is 138 Å². The SMILES string of the molecule is CCCCCCCCC(CCCCCC)C(=O)OCCCCC(=O)OC[C@H](COC(=O)CCN1CCN(C)CC1)OC(=O)CCCCOC(=O)C(CCCCCC)CCCCCCCC. The van der Waals surface area contributed by atoms with E-state index in [1.165, 1.54) is 64.2 Å². The fourth-order valence-corrected chi connectivity index (χ4v) is 8.26. The van der Waals surface area contributed by atoms with Crippen LogP contribution in [0.3, 0.4) is 0 Å². The molecule has 65 heavy (non-hydrogen) atoms. The van der Waals surface area contributed by atoms with Gasteiger partial charge in [-0.15, -0.1) is 0 Å². The zero-order valence-corrected chi connectivity index (χ0v) is 42.5. The van der Waals surface area contributed by atoms with Crippen molar-refractivity contribution in [3.05, 3.63) is 0 Å². The summed E-state index contributed by atoms with van der Waals surface area (Å²) in [5.41, 5.74) is 0. The number of carbonyl (C=O) groups excluding carboxylic acids is 5. The van der Waals surface area contributed by atoms with E-state index in [2.05, 4.69) is 44.5 Å². The first-order chi connectivity index (χ1) is 31.6. The van der Waals surface area contributed by atoms with Crippen LogP contribution in [0.2, 0.25) is 0 Å². The van der Waals surface area contributed by atoms with Crippen LogP contribution in [0.25, 0.3) is 0 Å². The highest BCUT2D eigenvalue weighted by Crippen LogP contribution is 2.22. The second-order valence-electron chi connectivity index (χ2n) is 18.8. The van der Waals surface area contributed by atoms with Gasteiger partial charge in [0.15, 0.2) is 6.10 Å². The molecule has 0 radical (unpaired) electrons. The Morgan fingerprint density at radius 3 is 1.22 bits per heavy atom. The molecule has 0 aliphatic carbocycles. The number of esters is 5. The molecule has 0 aromatic heterocycles. The summed E-state index contributed by atoms with van der Waals surface area (Å²) in [6, 6.07) is 0. The van der Waals surface area contributed by atoms with E-state index >= 15 is 0 Å². The summed E-state index contributed by atoms with van der Waals surface area (Å²) in [5.74, 6) is -1.75. The second kappa shape index (κ2) is 42.6. The maximum atomic E-state index is 13.1. The van der Waals surface area contributed by atoms with Gasteiger partial charge >= 0.3 is 29.8 Å². The molecule has 0 aromatic rings. The first-order valence-corrected chi connectivity index (χ1v) is 26.9. The zero-order chi connectivity index (χ0) is 47.6. The van der Waals surface area contributed by atoms with E-state index in [0.717, 1.165) is 116 Å². The van der Waals surface area contributed by atoms with E-state index in [1.807, 2.05) is 0 Å². The molecule has 1 rings (SSSR count).